The summed E-state index contributed by atoms with van der Waals surface area (Å²) in [6, 6.07) is 5.46. The Hall–Kier alpha value is -2.58. The molecule has 16 heteroatoms. The van der Waals surface area contributed by atoms with E-state index in [2.05, 4.69) is 4.52 Å². The van der Waals surface area contributed by atoms with Gasteiger partial charge < -0.3 is 28.9 Å². The number of nitro benzene ring substituents is 1. The molecular weight excluding hydrogens is 552 g/mol. The van der Waals surface area contributed by atoms with E-state index in [0.29, 0.717) is 23.2 Å². The van der Waals surface area contributed by atoms with E-state index in [1.54, 1.807) is 0 Å². The SMILES string of the molecule is C[N+](C)(CCCCCCCCCCC(=O)Oc1ccc([N+](=O)[O-])cc1)CCOP(=O)(O)O.O=C([O-])C(F)(F)F. The van der Waals surface area contributed by atoms with Crippen LogP contribution in [0.1, 0.15) is 57.8 Å². The number of phosphoric ester groups is 1. The molecule has 0 heterocycles. The molecule has 0 aliphatic rings. The summed E-state index contributed by atoms with van der Waals surface area (Å²) in [6.07, 6.45) is 3.48. The van der Waals surface area contributed by atoms with Crippen LogP contribution < -0.4 is 9.84 Å². The number of carbonyl (C=O) groups is 2. The zero-order valence-corrected chi connectivity index (χ0v) is 22.8. The van der Waals surface area contributed by atoms with Gasteiger partial charge in [0, 0.05) is 18.6 Å². The number of hydrogen-bond donors (Lipinski definition) is 2. The second-order valence-corrected chi connectivity index (χ2v) is 10.5. The van der Waals surface area contributed by atoms with Gasteiger partial charge in [0.25, 0.3) is 5.69 Å². The van der Waals surface area contributed by atoms with Gasteiger partial charge in [-0.25, -0.2) is 4.57 Å². The lowest BCUT2D eigenvalue weighted by Crippen LogP contribution is -2.42. The second kappa shape index (κ2) is 17.9. The number of alkyl halides is 3. The van der Waals surface area contributed by atoms with Crippen molar-refractivity contribution in [3.05, 3.63) is 34.4 Å². The van der Waals surface area contributed by atoms with Crippen molar-refractivity contribution < 1.29 is 60.9 Å². The third kappa shape index (κ3) is 21.0. The highest BCUT2D eigenvalue weighted by atomic mass is 31.2. The van der Waals surface area contributed by atoms with E-state index < -0.39 is 24.9 Å². The lowest BCUT2D eigenvalue weighted by atomic mass is 10.1. The van der Waals surface area contributed by atoms with Gasteiger partial charge in [-0.15, -0.1) is 0 Å². The lowest BCUT2D eigenvalue weighted by molar-refractivity contribution is -0.890. The van der Waals surface area contributed by atoms with Gasteiger partial charge in [-0.05, 0) is 31.4 Å². The van der Waals surface area contributed by atoms with Gasteiger partial charge in [-0.1, -0.05) is 32.1 Å². The highest BCUT2D eigenvalue weighted by Gasteiger charge is 2.28. The summed E-state index contributed by atoms with van der Waals surface area (Å²) in [6.45, 7) is 1.53. The maximum absolute atomic E-state index is 11.8. The maximum Gasteiger partial charge on any atom is 0.469 e. The molecule has 12 nitrogen and oxygen atoms in total. The van der Waals surface area contributed by atoms with Crippen LogP contribution in [-0.2, 0) is 18.7 Å². The van der Waals surface area contributed by atoms with Gasteiger partial charge in [0.15, 0.2) is 0 Å². The van der Waals surface area contributed by atoms with Crippen molar-refractivity contribution in [3.63, 3.8) is 0 Å². The fourth-order valence-corrected chi connectivity index (χ4v) is 3.53. The Labute approximate surface area is 224 Å². The average Bonchev–Trinajstić information content (AvgIpc) is 2.79. The minimum absolute atomic E-state index is 0.0404. The van der Waals surface area contributed by atoms with Crippen LogP contribution >= 0.6 is 7.82 Å². The number of ether oxygens (including phenoxy) is 1. The molecule has 0 bridgehead atoms. The van der Waals surface area contributed by atoms with E-state index in [1.165, 1.54) is 24.3 Å². The zero-order valence-electron chi connectivity index (χ0n) is 21.9. The minimum atomic E-state index is -5.19. The monoisotopic (exact) mass is 588 g/mol. The Morgan fingerprint density at radius 3 is 1.85 bits per heavy atom. The fourth-order valence-electron chi connectivity index (χ4n) is 3.21. The number of esters is 1. The summed E-state index contributed by atoms with van der Waals surface area (Å²) in [4.78, 5) is 48.2. The molecule has 1 aromatic rings. The summed E-state index contributed by atoms with van der Waals surface area (Å²) in [5.41, 5.74) is -0.0413. The number of carboxylic acids is 1. The molecule has 1 rings (SSSR count). The summed E-state index contributed by atoms with van der Waals surface area (Å²) < 4.78 is 52.6. The number of likely N-dealkylation sites (N-methyl/N-ethyl adjacent to an activating group) is 1. The van der Waals surface area contributed by atoms with Crippen molar-refractivity contribution in [2.24, 2.45) is 0 Å². The number of halogens is 3. The zero-order chi connectivity index (χ0) is 30.1. The van der Waals surface area contributed by atoms with Crippen LogP contribution in [0.3, 0.4) is 0 Å². The van der Waals surface area contributed by atoms with Gasteiger partial charge >= 0.3 is 20.0 Å². The van der Waals surface area contributed by atoms with Crippen LogP contribution in [0.4, 0.5) is 18.9 Å². The first-order valence-corrected chi connectivity index (χ1v) is 13.7. The number of nitrogens with zero attached hydrogens (tertiary/aromatic N) is 2. The lowest BCUT2D eigenvalue weighted by Gasteiger charge is -2.29. The summed E-state index contributed by atoms with van der Waals surface area (Å²) in [5, 5.41) is 19.4. The third-order valence-electron chi connectivity index (χ3n) is 5.36. The van der Waals surface area contributed by atoms with E-state index in [4.69, 9.17) is 24.4 Å². The topological polar surface area (TPSA) is 176 Å². The molecule has 0 unspecified atom stereocenters. The largest absolute Gasteiger partial charge is 0.542 e. The fraction of sp³-hybridized carbons (Fsp3) is 0.652. The van der Waals surface area contributed by atoms with Crippen molar-refractivity contribution in [3.8, 4) is 5.75 Å². The van der Waals surface area contributed by atoms with Crippen LogP contribution in [0.5, 0.6) is 5.75 Å². The molecule has 224 valence electrons. The number of carbonyl (C=O) groups excluding carboxylic acids is 2. The number of phosphoric acid groups is 1. The minimum Gasteiger partial charge on any atom is -0.542 e. The first-order valence-electron chi connectivity index (χ1n) is 12.2. The molecule has 0 aliphatic carbocycles. The number of rotatable bonds is 17. The molecule has 0 spiro atoms. The normalized spacial score (nSPS) is 11.9. The number of hydrogen-bond acceptors (Lipinski definition) is 8. The van der Waals surface area contributed by atoms with Gasteiger partial charge in [-0.2, -0.15) is 13.2 Å². The molecule has 2 N–H and O–H groups in total. The predicted octanol–water partition coefficient (Wildman–Crippen LogP) is 3.50. The van der Waals surface area contributed by atoms with E-state index in [-0.39, 0.29) is 18.3 Å². The highest BCUT2D eigenvalue weighted by Crippen LogP contribution is 2.35. The van der Waals surface area contributed by atoms with Crippen LogP contribution in [0, 0.1) is 10.1 Å². The number of unbranched alkanes of at least 4 members (excludes halogenated alkanes) is 7. The Morgan fingerprint density at radius 1 is 0.949 bits per heavy atom. The molecule has 0 aromatic heterocycles. The van der Waals surface area contributed by atoms with Crippen LogP contribution in [0.15, 0.2) is 24.3 Å². The average molecular weight is 589 g/mol. The van der Waals surface area contributed by atoms with Gasteiger partial charge in [0.1, 0.15) is 24.9 Å². The molecule has 1 aromatic carbocycles. The smallest absolute Gasteiger partial charge is 0.469 e. The molecule has 39 heavy (non-hydrogen) atoms. The third-order valence-corrected chi connectivity index (χ3v) is 5.88. The molecule has 0 saturated carbocycles. The van der Waals surface area contributed by atoms with E-state index in [1.807, 2.05) is 14.1 Å². The standard InChI is InChI=1S/C21H35N2O8P.C2HF3O2/c1-23(2,17-18-30-32(27,28)29)16-10-8-6-4-3-5-7-9-11-21(24)31-20-14-12-19(13-15-20)22(25)26;3-2(4,5)1(6)7/h12-15H,3-11,16-18H2,1-2H3,(H-,27,28,29);(H,6,7). The predicted molar refractivity (Wildman–Crippen MR) is 131 cm³/mol. The quantitative estimate of drug-likeness (QED) is 0.0521. The Kier molecular flexibility index (Phi) is 16.7. The Bertz CT molecular complexity index is 937. The van der Waals surface area contributed by atoms with E-state index in [0.717, 1.165) is 57.9 Å². The van der Waals surface area contributed by atoms with Gasteiger partial charge in [-0.3, -0.25) is 19.4 Å². The highest BCUT2D eigenvalue weighted by molar-refractivity contribution is 7.46. The number of aliphatic carboxylic acids is 1. The van der Waals surface area contributed by atoms with Crippen LogP contribution in [0.25, 0.3) is 0 Å². The second-order valence-electron chi connectivity index (χ2n) is 9.30. The maximum atomic E-state index is 11.8. The number of benzene rings is 1. The summed E-state index contributed by atoms with van der Waals surface area (Å²) in [7, 11) is -0.340. The molecular formula is C23H36F3N2O10P. The Balaban J connectivity index is 0.00000181. The van der Waals surface area contributed by atoms with Crippen LogP contribution in [0.2, 0.25) is 0 Å². The van der Waals surface area contributed by atoms with Crippen molar-refractivity contribution in [2.45, 2.75) is 64.0 Å². The van der Waals surface area contributed by atoms with Crippen molar-refractivity contribution >= 4 is 25.4 Å². The Morgan fingerprint density at radius 2 is 1.41 bits per heavy atom. The first-order chi connectivity index (χ1) is 17.9. The number of non-ortho nitro benzene ring substituents is 1. The first kappa shape index (κ1) is 36.4. The van der Waals surface area contributed by atoms with Gasteiger partial charge in [0.2, 0.25) is 0 Å². The van der Waals surface area contributed by atoms with Gasteiger partial charge in [0.05, 0.1) is 25.6 Å². The van der Waals surface area contributed by atoms with Crippen molar-refractivity contribution in [1.82, 2.24) is 0 Å². The number of nitro groups is 1. The van der Waals surface area contributed by atoms with E-state index in [9.17, 15) is 32.6 Å². The molecule has 0 fully saturated rings. The van der Waals surface area contributed by atoms with Crippen molar-refractivity contribution in [2.75, 3.05) is 33.8 Å². The molecule has 0 radical (unpaired) electrons. The summed E-state index contributed by atoms with van der Waals surface area (Å²) >= 11 is 0. The number of carboxylic acid groups (broad SMARTS) is 1. The molecule has 0 saturated heterocycles. The number of quaternary nitrogens is 1. The van der Waals surface area contributed by atoms with Crippen LogP contribution in [-0.4, -0.2) is 71.1 Å². The van der Waals surface area contributed by atoms with E-state index >= 15 is 0 Å². The van der Waals surface area contributed by atoms with Crippen molar-refractivity contribution in [1.29, 1.82) is 0 Å². The summed E-state index contributed by atoms with van der Waals surface area (Å²) in [5.74, 6) is -3.02. The molecule has 0 amide bonds. The molecule has 0 aliphatic heterocycles. The molecule has 0 atom stereocenters.